The van der Waals surface area contributed by atoms with Crippen molar-refractivity contribution in [3.8, 4) is 23.3 Å². The van der Waals surface area contributed by atoms with Crippen LogP contribution in [-0.2, 0) is 9.59 Å². The number of nitrogens with zero attached hydrogens (tertiary/aromatic N) is 1. The summed E-state index contributed by atoms with van der Waals surface area (Å²) in [5.74, 6) is 0.0711. The van der Waals surface area contributed by atoms with Crippen molar-refractivity contribution in [2.45, 2.75) is 6.42 Å². The highest BCUT2D eigenvalue weighted by molar-refractivity contribution is 6.08. The minimum Gasteiger partial charge on any atom is -0.493 e. The van der Waals surface area contributed by atoms with Crippen LogP contribution in [0.15, 0.2) is 36.4 Å². The van der Waals surface area contributed by atoms with Gasteiger partial charge >= 0.3 is 0 Å². The quantitative estimate of drug-likeness (QED) is 0.726. The molecule has 2 N–H and O–H groups in total. The van der Waals surface area contributed by atoms with Crippen LogP contribution in [0.2, 0.25) is 0 Å². The maximum atomic E-state index is 12.2. The van der Waals surface area contributed by atoms with E-state index >= 15 is 0 Å². The first-order valence-electron chi connectivity index (χ1n) is 7.91. The van der Waals surface area contributed by atoms with E-state index in [1.165, 1.54) is 21.3 Å². The van der Waals surface area contributed by atoms with Crippen molar-refractivity contribution in [2.75, 3.05) is 32.0 Å². The van der Waals surface area contributed by atoms with Gasteiger partial charge in [-0.2, -0.15) is 5.26 Å². The Labute approximate surface area is 156 Å². The second-order valence-corrected chi connectivity index (χ2v) is 5.34. The summed E-state index contributed by atoms with van der Waals surface area (Å²) in [5, 5.41) is 14.2. The molecule has 0 unspecified atom stereocenters. The van der Waals surface area contributed by atoms with E-state index < -0.39 is 18.2 Å². The summed E-state index contributed by atoms with van der Waals surface area (Å²) < 4.78 is 15.7. The molecule has 2 aromatic rings. The summed E-state index contributed by atoms with van der Waals surface area (Å²) in [6.45, 7) is 0. The largest absolute Gasteiger partial charge is 0.493 e. The number of ether oxygens (including phenoxy) is 3. The second-order valence-electron chi connectivity index (χ2n) is 5.34. The predicted molar refractivity (Wildman–Crippen MR) is 99.1 cm³/mol. The van der Waals surface area contributed by atoms with Gasteiger partial charge in [0.25, 0.3) is 0 Å². The molecule has 0 saturated carbocycles. The lowest BCUT2D eigenvalue weighted by Crippen LogP contribution is -2.21. The van der Waals surface area contributed by atoms with Crippen LogP contribution >= 0.6 is 0 Å². The average molecular weight is 369 g/mol. The Balaban J connectivity index is 2.07. The van der Waals surface area contributed by atoms with Gasteiger partial charge in [-0.15, -0.1) is 0 Å². The van der Waals surface area contributed by atoms with Gasteiger partial charge < -0.3 is 24.8 Å². The number of nitrogens with one attached hydrogen (secondary N) is 2. The lowest BCUT2D eigenvalue weighted by molar-refractivity contribution is -0.123. The minimum atomic E-state index is -0.539. The highest BCUT2D eigenvalue weighted by Gasteiger charge is 2.16. The standard InChI is InChI=1S/C19H19N3O5/c1-25-15-8-13(9-16(26-2)19(15)27-3)21-17(23)10-18(24)22-14-7-5-4-6-12(14)11-20/h4-9H,10H2,1-3H3,(H,21,23)(H,22,24). The van der Waals surface area contributed by atoms with Gasteiger partial charge in [-0.1, -0.05) is 12.1 Å². The molecule has 0 heterocycles. The van der Waals surface area contributed by atoms with Gasteiger partial charge in [-0.05, 0) is 12.1 Å². The van der Waals surface area contributed by atoms with Gasteiger partial charge in [0.2, 0.25) is 17.6 Å². The van der Waals surface area contributed by atoms with Crippen LogP contribution < -0.4 is 24.8 Å². The van der Waals surface area contributed by atoms with Crippen molar-refractivity contribution in [3.05, 3.63) is 42.0 Å². The molecule has 2 amide bonds. The van der Waals surface area contributed by atoms with E-state index in [9.17, 15) is 9.59 Å². The van der Waals surface area contributed by atoms with E-state index in [0.717, 1.165) is 0 Å². The topological polar surface area (TPSA) is 110 Å². The molecule has 0 saturated heterocycles. The fraction of sp³-hybridized carbons (Fsp3) is 0.211. The highest BCUT2D eigenvalue weighted by atomic mass is 16.5. The van der Waals surface area contributed by atoms with Crippen molar-refractivity contribution in [2.24, 2.45) is 0 Å². The molecule has 0 aliphatic carbocycles. The number of anilines is 2. The third-order valence-electron chi connectivity index (χ3n) is 3.59. The minimum absolute atomic E-state index is 0.316. The van der Waals surface area contributed by atoms with Gasteiger partial charge in [0.15, 0.2) is 11.5 Å². The molecule has 0 aliphatic rings. The third kappa shape index (κ3) is 4.89. The van der Waals surface area contributed by atoms with Gasteiger partial charge in [-0.3, -0.25) is 9.59 Å². The van der Waals surface area contributed by atoms with Crippen molar-refractivity contribution < 1.29 is 23.8 Å². The fourth-order valence-electron chi connectivity index (χ4n) is 2.39. The Morgan fingerprint density at radius 2 is 1.56 bits per heavy atom. The summed E-state index contributed by atoms with van der Waals surface area (Å²) >= 11 is 0. The number of benzene rings is 2. The van der Waals surface area contributed by atoms with Crippen molar-refractivity contribution in [1.82, 2.24) is 0 Å². The Bertz CT molecular complexity index is 864. The Kier molecular flexibility index (Phi) is 6.61. The number of methoxy groups -OCH3 is 3. The van der Waals surface area contributed by atoms with Crippen LogP contribution in [0.1, 0.15) is 12.0 Å². The predicted octanol–water partition coefficient (Wildman–Crippen LogP) is 2.55. The first-order valence-corrected chi connectivity index (χ1v) is 7.91. The number of nitriles is 1. The van der Waals surface area contributed by atoms with Crippen molar-refractivity contribution in [1.29, 1.82) is 5.26 Å². The number of hydrogen-bond acceptors (Lipinski definition) is 6. The van der Waals surface area contributed by atoms with Crippen molar-refractivity contribution >= 4 is 23.2 Å². The molecule has 0 spiro atoms. The molecular formula is C19H19N3O5. The molecule has 0 fully saturated rings. The van der Waals surface area contributed by atoms with E-state index in [1.54, 1.807) is 36.4 Å². The fourth-order valence-corrected chi connectivity index (χ4v) is 2.39. The molecule has 0 bridgehead atoms. The van der Waals surface area contributed by atoms with Crippen LogP contribution in [0, 0.1) is 11.3 Å². The van der Waals surface area contributed by atoms with Crippen LogP contribution in [0.4, 0.5) is 11.4 Å². The number of amides is 2. The van der Waals surface area contributed by atoms with Crippen LogP contribution in [0.3, 0.4) is 0 Å². The first kappa shape index (κ1) is 19.6. The van der Waals surface area contributed by atoms with E-state index in [-0.39, 0.29) is 0 Å². The summed E-state index contributed by atoms with van der Waals surface area (Å²) in [5.41, 5.74) is 1.06. The number of para-hydroxylation sites is 1. The van der Waals surface area contributed by atoms with Crippen LogP contribution in [-0.4, -0.2) is 33.1 Å². The van der Waals surface area contributed by atoms with Crippen LogP contribution in [0.25, 0.3) is 0 Å². The smallest absolute Gasteiger partial charge is 0.233 e. The van der Waals surface area contributed by atoms with Gasteiger partial charge in [0.05, 0.1) is 32.6 Å². The van der Waals surface area contributed by atoms with E-state index in [1.807, 2.05) is 6.07 Å². The third-order valence-corrected chi connectivity index (χ3v) is 3.59. The Morgan fingerprint density at radius 3 is 2.11 bits per heavy atom. The average Bonchev–Trinajstić information content (AvgIpc) is 2.67. The maximum absolute atomic E-state index is 12.2. The summed E-state index contributed by atoms with van der Waals surface area (Å²) in [7, 11) is 4.40. The molecule has 2 rings (SSSR count). The summed E-state index contributed by atoms with van der Waals surface area (Å²) in [6.07, 6.45) is -0.420. The summed E-state index contributed by atoms with van der Waals surface area (Å²) in [6, 6.07) is 11.6. The van der Waals surface area contributed by atoms with Crippen LogP contribution in [0.5, 0.6) is 17.2 Å². The molecule has 0 atom stereocenters. The Morgan fingerprint density at radius 1 is 0.963 bits per heavy atom. The molecule has 8 heteroatoms. The first-order chi connectivity index (χ1) is 13.0. The molecule has 0 aliphatic heterocycles. The normalized spacial score (nSPS) is 9.70. The zero-order valence-electron chi connectivity index (χ0n) is 15.2. The SMILES string of the molecule is COc1cc(NC(=O)CC(=O)Nc2ccccc2C#N)cc(OC)c1OC. The molecule has 8 nitrogen and oxygen atoms in total. The zero-order chi connectivity index (χ0) is 19.8. The highest BCUT2D eigenvalue weighted by Crippen LogP contribution is 2.39. The summed E-state index contributed by atoms with van der Waals surface area (Å²) in [4.78, 5) is 24.2. The number of rotatable bonds is 7. The van der Waals surface area contributed by atoms with Gasteiger partial charge in [0, 0.05) is 17.8 Å². The molecular weight excluding hydrogens is 350 g/mol. The molecule has 2 aromatic carbocycles. The van der Waals surface area contributed by atoms with E-state index in [0.29, 0.717) is 34.2 Å². The Hall–Kier alpha value is -3.73. The van der Waals surface area contributed by atoms with E-state index in [4.69, 9.17) is 19.5 Å². The maximum Gasteiger partial charge on any atom is 0.233 e. The number of carbonyl (C=O) groups excluding carboxylic acids is 2. The van der Waals surface area contributed by atoms with Gasteiger partial charge in [0.1, 0.15) is 12.5 Å². The van der Waals surface area contributed by atoms with Crippen molar-refractivity contribution in [3.63, 3.8) is 0 Å². The van der Waals surface area contributed by atoms with E-state index in [2.05, 4.69) is 10.6 Å². The molecule has 140 valence electrons. The number of carbonyl (C=O) groups is 2. The monoisotopic (exact) mass is 369 g/mol. The molecule has 27 heavy (non-hydrogen) atoms. The number of hydrogen-bond donors (Lipinski definition) is 2. The molecule has 0 aromatic heterocycles. The lowest BCUT2D eigenvalue weighted by atomic mass is 10.2. The second kappa shape index (κ2) is 9.10. The lowest BCUT2D eigenvalue weighted by Gasteiger charge is -2.14. The molecule has 0 radical (unpaired) electrons. The van der Waals surface area contributed by atoms with Gasteiger partial charge in [-0.25, -0.2) is 0 Å². The zero-order valence-corrected chi connectivity index (χ0v) is 15.2.